The molecule has 0 N–H and O–H groups in total. The fraction of sp³-hybridized carbons (Fsp3) is 0.286. The van der Waals surface area contributed by atoms with Crippen molar-refractivity contribution >= 4 is 11.0 Å². The molecule has 0 radical (unpaired) electrons. The second kappa shape index (κ2) is 6.97. The van der Waals surface area contributed by atoms with Crippen LogP contribution in [-0.4, -0.2) is 30.9 Å². The summed E-state index contributed by atoms with van der Waals surface area (Å²) in [6, 6.07) is 10.6. The Hall–Kier alpha value is -3.26. The summed E-state index contributed by atoms with van der Waals surface area (Å²) in [5.41, 5.74) is 3.31. The van der Waals surface area contributed by atoms with Crippen molar-refractivity contribution in [3.63, 3.8) is 0 Å². The van der Waals surface area contributed by atoms with Gasteiger partial charge in [-0.25, -0.2) is 9.37 Å². The molecule has 0 fully saturated rings. The first-order chi connectivity index (χ1) is 14.1. The summed E-state index contributed by atoms with van der Waals surface area (Å²) >= 11 is 0. The van der Waals surface area contributed by atoms with E-state index in [0.717, 1.165) is 46.4 Å². The molecule has 4 aromatic rings. The minimum Gasteiger partial charge on any atom is -0.485 e. The molecular weight excluding hydrogens is 373 g/mol. The number of aromatic nitrogens is 5. The number of nitrogens with zero attached hydrogens (tertiary/aromatic N) is 5. The van der Waals surface area contributed by atoms with Crippen molar-refractivity contribution < 1.29 is 13.9 Å². The fourth-order valence-electron chi connectivity index (χ4n) is 3.73. The standard InChI is InChI=1S/C21H20FN5O2/c1-13-4-3-5-15(21-23-16-10-14(22)6-7-17(16)26(21)2)20(13)29-12-19-25-24-18-11-28-9-8-27(18)19/h3-7,10H,8-9,11-12H2,1-2H3. The van der Waals surface area contributed by atoms with Gasteiger partial charge in [-0.15, -0.1) is 10.2 Å². The van der Waals surface area contributed by atoms with E-state index in [-0.39, 0.29) is 5.82 Å². The molecule has 2 aromatic carbocycles. The smallest absolute Gasteiger partial charge is 0.171 e. The van der Waals surface area contributed by atoms with Crippen LogP contribution < -0.4 is 4.74 Å². The van der Waals surface area contributed by atoms with Crippen molar-refractivity contribution in [2.75, 3.05) is 6.61 Å². The fourth-order valence-corrected chi connectivity index (χ4v) is 3.73. The quantitative estimate of drug-likeness (QED) is 0.532. The molecule has 2 aromatic heterocycles. The Kier molecular flexibility index (Phi) is 4.28. The minimum absolute atomic E-state index is 0.295. The highest BCUT2D eigenvalue weighted by Crippen LogP contribution is 2.34. The molecule has 3 heterocycles. The average Bonchev–Trinajstić information content (AvgIpc) is 3.28. The topological polar surface area (TPSA) is 67.0 Å². The molecule has 7 nitrogen and oxygen atoms in total. The van der Waals surface area contributed by atoms with Crippen molar-refractivity contribution in [3.8, 4) is 17.1 Å². The first kappa shape index (κ1) is 17.8. The number of imidazole rings is 1. The van der Waals surface area contributed by atoms with Crippen LogP contribution in [0.4, 0.5) is 4.39 Å². The lowest BCUT2D eigenvalue weighted by atomic mass is 10.1. The Balaban J connectivity index is 1.52. The van der Waals surface area contributed by atoms with Crippen LogP contribution >= 0.6 is 0 Å². The highest BCUT2D eigenvalue weighted by Gasteiger charge is 2.19. The predicted octanol–water partition coefficient (Wildman–Crippen LogP) is 3.39. The normalized spacial score (nSPS) is 13.6. The molecule has 1 aliphatic heterocycles. The van der Waals surface area contributed by atoms with E-state index in [4.69, 9.17) is 9.47 Å². The van der Waals surface area contributed by atoms with E-state index in [9.17, 15) is 4.39 Å². The Morgan fingerprint density at radius 2 is 2.10 bits per heavy atom. The zero-order valence-electron chi connectivity index (χ0n) is 16.2. The summed E-state index contributed by atoms with van der Waals surface area (Å²) in [4.78, 5) is 4.65. The van der Waals surface area contributed by atoms with Gasteiger partial charge in [0, 0.05) is 19.7 Å². The number of para-hydroxylation sites is 1. The highest BCUT2D eigenvalue weighted by atomic mass is 19.1. The van der Waals surface area contributed by atoms with Gasteiger partial charge in [-0.2, -0.15) is 0 Å². The molecule has 8 heteroatoms. The number of ether oxygens (including phenoxy) is 2. The molecule has 29 heavy (non-hydrogen) atoms. The first-order valence-corrected chi connectivity index (χ1v) is 9.45. The summed E-state index contributed by atoms with van der Waals surface area (Å²) in [7, 11) is 1.92. The van der Waals surface area contributed by atoms with Gasteiger partial charge in [0.2, 0.25) is 0 Å². The van der Waals surface area contributed by atoms with Crippen molar-refractivity contribution in [2.24, 2.45) is 7.05 Å². The zero-order valence-corrected chi connectivity index (χ0v) is 16.2. The lowest BCUT2D eigenvalue weighted by Gasteiger charge is -2.17. The summed E-state index contributed by atoms with van der Waals surface area (Å²) in [6.45, 7) is 4.12. The molecule has 5 rings (SSSR count). The molecule has 0 spiro atoms. The number of benzene rings is 2. The van der Waals surface area contributed by atoms with E-state index < -0.39 is 0 Å². The van der Waals surface area contributed by atoms with Crippen molar-refractivity contribution in [1.82, 2.24) is 24.3 Å². The molecule has 148 valence electrons. The predicted molar refractivity (Wildman–Crippen MR) is 105 cm³/mol. The molecule has 0 saturated heterocycles. The van der Waals surface area contributed by atoms with Crippen LogP contribution in [0.15, 0.2) is 36.4 Å². The second-order valence-corrected chi connectivity index (χ2v) is 7.10. The molecule has 0 amide bonds. The molecule has 0 aliphatic carbocycles. The van der Waals surface area contributed by atoms with E-state index in [0.29, 0.717) is 25.3 Å². The minimum atomic E-state index is -0.302. The van der Waals surface area contributed by atoms with Crippen LogP contribution in [0.25, 0.3) is 22.4 Å². The van der Waals surface area contributed by atoms with Crippen LogP contribution in [0.5, 0.6) is 5.75 Å². The third kappa shape index (κ3) is 3.05. The van der Waals surface area contributed by atoms with Crippen molar-refractivity contribution in [3.05, 3.63) is 59.4 Å². The largest absolute Gasteiger partial charge is 0.485 e. The van der Waals surface area contributed by atoms with E-state index in [1.165, 1.54) is 12.1 Å². The molecule has 1 aliphatic rings. The van der Waals surface area contributed by atoms with Gasteiger partial charge < -0.3 is 18.6 Å². The molecule has 0 unspecified atom stereocenters. The SMILES string of the molecule is Cc1cccc(-c2nc3cc(F)ccc3n2C)c1OCc1nnc2n1CCOC2. The number of aryl methyl sites for hydroxylation is 2. The third-order valence-corrected chi connectivity index (χ3v) is 5.24. The Morgan fingerprint density at radius 3 is 3.00 bits per heavy atom. The Bertz CT molecular complexity index is 1210. The summed E-state index contributed by atoms with van der Waals surface area (Å²) in [5.74, 6) is 2.74. The Labute approximate surface area is 166 Å². The van der Waals surface area contributed by atoms with Gasteiger partial charge in [-0.1, -0.05) is 12.1 Å². The molecule has 0 atom stereocenters. The summed E-state index contributed by atoms with van der Waals surface area (Å²) < 4.78 is 29.3. The maximum Gasteiger partial charge on any atom is 0.171 e. The summed E-state index contributed by atoms with van der Waals surface area (Å²) in [5, 5.41) is 8.43. The monoisotopic (exact) mass is 393 g/mol. The number of hydrogen-bond donors (Lipinski definition) is 0. The summed E-state index contributed by atoms with van der Waals surface area (Å²) in [6.07, 6.45) is 0. The van der Waals surface area contributed by atoms with Crippen LogP contribution in [0.1, 0.15) is 17.2 Å². The lowest BCUT2D eigenvalue weighted by molar-refractivity contribution is 0.0794. The number of fused-ring (bicyclic) bond motifs is 2. The third-order valence-electron chi connectivity index (χ3n) is 5.24. The van der Waals surface area contributed by atoms with E-state index in [1.807, 2.05) is 41.3 Å². The average molecular weight is 393 g/mol. The van der Waals surface area contributed by atoms with Gasteiger partial charge in [0.15, 0.2) is 11.6 Å². The van der Waals surface area contributed by atoms with Crippen LogP contribution in [0.3, 0.4) is 0 Å². The van der Waals surface area contributed by atoms with Crippen LogP contribution in [0.2, 0.25) is 0 Å². The Morgan fingerprint density at radius 1 is 1.21 bits per heavy atom. The lowest BCUT2D eigenvalue weighted by Crippen LogP contribution is -2.19. The van der Waals surface area contributed by atoms with Crippen LogP contribution in [-0.2, 0) is 31.5 Å². The maximum atomic E-state index is 13.6. The number of rotatable bonds is 4. The first-order valence-electron chi connectivity index (χ1n) is 9.45. The van der Waals surface area contributed by atoms with Crippen molar-refractivity contribution in [2.45, 2.75) is 26.7 Å². The van der Waals surface area contributed by atoms with Gasteiger partial charge in [0.05, 0.1) is 23.2 Å². The highest BCUT2D eigenvalue weighted by molar-refractivity contribution is 5.82. The molecular formula is C21H20FN5O2. The van der Waals surface area contributed by atoms with Gasteiger partial charge in [-0.05, 0) is 30.7 Å². The number of hydrogen-bond acceptors (Lipinski definition) is 5. The van der Waals surface area contributed by atoms with E-state index >= 15 is 0 Å². The van der Waals surface area contributed by atoms with Crippen molar-refractivity contribution in [1.29, 1.82) is 0 Å². The number of halogens is 1. The molecule has 0 bridgehead atoms. The zero-order chi connectivity index (χ0) is 20.0. The van der Waals surface area contributed by atoms with Crippen LogP contribution in [0, 0.1) is 12.7 Å². The van der Waals surface area contributed by atoms with E-state index in [2.05, 4.69) is 15.2 Å². The van der Waals surface area contributed by atoms with Gasteiger partial charge in [0.1, 0.15) is 30.6 Å². The maximum absolute atomic E-state index is 13.6. The molecule has 0 saturated carbocycles. The van der Waals surface area contributed by atoms with Gasteiger partial charge >= 0.3 is 0 Å². The van der Waals surface area contributed by atoms with Gasteiger partial charge in [-0.3, -0.25) is 0 Å². The van der Waals surface area contributed by atoms with Gasteiger partial charge in [0.25, 0.3) is 0 Å². The second-order valence-electron chi connectivity index (χ2n) is 7.10. The van der Waals surface area contributed by atoms with E-state index in [1.54, 1.807) is 6.07 Å².